The lowest BCUT2D eigenvalue weighted by atomic mass is 10.1. The first-order valence-corrected chi connectivity index (χ1v) is 13.2. The third-order valence-corrected chi connectivity index (χ3v) is 6.40. The molecule has 4 rings (SSSR count). The lowest BCUT2D eigenvalue weighted by Gasteiger charge is -2.23. The van der Waals surface area contributed by atoms with Crippen LogP contribution in [0.2, 0.25) is 0 Å². The minimum atomic E-state index is -1.11. The largest absolute Gasteiger partial charge is 0.493 e. The molecule has 42 heavy (non-hydrogen) atoms. The van der Waals surface area contributed by atoms with Crippen LogP contribution in [0.3, 0.4) is 0 Å². The van der Waals surface area contributed by atoms with Gasteiger partial charge >= 0.3 is 0 Å². The molecule has 1 amide bonds. The van der Waals surface area contributed by atoms with Gasteiger partial charge in [-0.3, -0.25) is 19.7 Å². The predicted octanol–water partition coefficient (Wildman–Crippen LogP) is 2.85. The molecule has 0 aliphatic heterocycles. The van der Waals surface area contributed by atoms with Crippen molar-refractivity contribution in [1.29, 1.82) is 0 Å². The number of aliphatic hydroxyl groups is 1. The SMILES string of the molecule is COCCN(CCO)CCCOc1cc2ncnc(N(c3cc(CC(N)=O)[nH]n3)c3cccc(F)c3F)c2cc1OC. The summed E-state index contributed by atoms with van der Waals surface area (Å²) >= 11 is 0. The van der Waals surface area contributed by atoms with Crippen molar-refractivity contribution in [2.75, 3.05) is 58.6 Å². The molecule has 0 aliphatic carbocycles. The number of H-pyrrole nitrogens is 1. The van der Waals surface area contributed by atoms with Gasteiger partial charge in [0.25, 0.3) is 0 Å². The van der Waals surface area contributed by atoms with Crippen LogP contribution in [-0.4, -0.2) is 89.8 Å². The molecule has 2 heterocycles. The van der Waals surface area contributed by atoms with E-state index in [-0.39, 0.29) is 30.4 Å². The zero-order valence-corrected chi connectivity index (χ0v) is 23.3. The Labute approximate surface area is 241 Å². The van der Waals surface area contributed by atoms with Crippen molar-refractivity contribution >= 4 is 34.1 Å². The van der Waals surface area contributed by atoms with Crippen LogP contribution in [0, 0.1) is 11.6 Å². The molecule has 0 fully saturated rings. The third kappa shape index (κ3) is 7.26. The van der Waals surface area contributed by atoms with E-state index in [2.05, 4.69) is 25.1 Å². The minimum absolute atomic E-state index is 0.0480. The Kier molecular flexibility index (Phi) is 10.5. The smallest absolute Gasteiger partial charge is 0.223 e. The number of aromatic nitrogens is 4. The molecule has 2 aromatic carbocycles. The monoisotopic (exact) mass is 585 g/mol. The molecule has 4 aromatic rings. The van der Waals surface area contributed by atoms with Gasteiger partial charge in [0.2, 0.25) is 5.91 Å². The van der Waals surface area contributed by atoms with Crippen molar-refractivity contribution < 1.29 is 32.9 Å². The zero-order chi connectivity index (χ0) is 30.1. The second-order valence-corrected chi connectivity index (χ2v) is 9.28. The van der Waals surface area contributed by atoms with E-state index in [1.807, 2.05) is 0 Å². The Morgan fingerprint density at radius 2 is 1.90 bits per heavy atom. The number of fused-ring (bicyclic) bond motifs is 1. The number of carbonyl (C=O) groups excluding carboxylic acids is 1. The van der Waals surface area contributed by atoms with E-state index in [1.54, 1.807) is 19.2 Å². The average Bonchev–Trinajstić information content (AvgIpc) is 3.43. The Morgan fingerprint density at radius 1 is 1.07 bits per heavy atom. The summed E-state index contributed by atoms with van der Waals surface area (Å²) in [5.41, 5.74) is 5.99. The van der Waals surface area contributed by atoms with E-state index in [0.717, 1.165) is 6.07 Å². The molecule has 14 heteroatoms. The molecular weight excluding hydrogens is 552 g/mol. The van der Waals surface area contributed by atoms with Crippen molar-refractivity contribution in [3.63, 3.8) is 0 Å². The average molecular weight is 586 g/mol. The van der Waals surface area contributed by atoms with Crippen LogP contribution >= 0.6 is 0 Å². The molecule has 0 aliphatic rings. The van der Waals surface area contributed by atoms with Crippen LogP contribution in [0.5, 0.6) is 11.5 Å². The van der Waals surface area contributed by atoms with E-state index >= 15 is 4.39 Å². The number of ether oxygens (including phenoxy) is 3. The van der Waals surface area contributed by atoms with E-state index in [1.165, 1.54) is 36.5 Å². The third-order valence-electron chi connectivity index (χ3n) is 6.40. The van der Waals surface area contributed by atoms with Crippen molar-refractivity contribution in [1.82, 2.24) is 25.1 Å². The van der Waals surface area contributed by atoms with Crippen LogP contribution < -0.4 is 20.1 Å². The number of rotatable bonds is 16. The Balaban J connectivity index is 1.68. The number of nitrogens with zero attached hydrogens (tertiary/aromatic N) is 5. The number of carbonyl (C=O) groups is 1. The quantitative estimate of drug-likeness (QED) is 0.167. The molecule has 4 N–H and O–H groups in total. The molecule has 224 valence electrons. The van der Waals surface area contributed by atoms with Gasteiger partial charge < -0.3 is 25.1 Å². The lowest BCUT2D eigenvalue weighted by molar-refractivity contribution is -0.117. The molecule has 0 saturated heterocycles. The van der Waals surface area contributed by atoms with Crippen LogP contribution in [0.4, 0.5) is 26.1 Å². The summed E-state index contributed by atoms with van der Waals surface area (Å²) in [6, 6.07) is 8.59. The molecule has 0 spiro atoms. The first kappa shape index (κ1) is 30.6. The van der Waals surface area contributed by atoms with Crippen LogP contribution in [-0.2, 0) is 16.0 Å². The van der Waals surface area contributed by atoms with Gasteiger partial charge in [-0.1, -0.05) is 6.07 Å². The number of nitrogens with one attached hydrogen (secondary N) is 1. The van der Waals surface area contributed by atoms with E-state index in [4.69, 9.17) is 19.9 Å². The standard InChI is InChI=1S/C28H33F2N7O5/c1-40-12-9-36(8-10-38)7-4-11-42-24-16-21-19(15-23(24)41-2)28(33-17-32-21)37(22-6-3-5-20(29)27(22)30)26-14-18(34-35-26)13-25(31)39/h3,5-6,14-17,38H,4,7-13H2,1-2H3,(H2,31,39)(H,34,35). The minimum Gasteiger partial charge on any atom is -0.493 e. The second-order valence-electron chi connectivity index (χ2n) is 9.28. The lowest BCUT2D eigenvalue weighted by Crippen LogP contribution is -2.32. The van der Waals surface area contributed by atoms with Crippen LogP contribution in [0.25, 0.3) is 10.9 Å². The molecule has 0 unspecified atom stereocenters. The maximum atomic E-state index is 15.2. The van der Waals surface area contributed by atoms with Gasteiger partial charge in [-0.05, 0) is 24.6 Å². The fraction of sp³-hybridized carbons (Fsp3) is 0.357. The van der Waals surface area contributed by atoms with Crippen LogP contribution in [0.15, 0.2) is 42.7 Å². The van der Waals surface area contributed by atoms with Gasteiger partial charge in [0.1, 0.15) is 12.1 Å². The number of methoxy groups -OCH3 is 2. The summed E-state index contributed by atoms with van der Waals surface area (Å²) < 4.78 is 46.3. The number of anilines is 3. The number of primary amides is 1. The summed E-state index contributed by atoms with van der Waals surface area (Å²) in [4.78, 5) is 23.6. The summed E-state index contributed by atoms with van der Waals surface area (Å²) in [5.74, 6) is -1.61. The first-order chi connectivity index (χ1) is 20.4. The summed E-state index contributed by atoms with van der Waals surface area (Å²) in [6.45, 7) is 2.89. The van der Waals surface area contributed by atoms with Crippen molar-refractivity contribution in [3.8, 4) is 11.5 Å². The normalized spacial score (nSPS) is 11.3. The van der Waals surface area contributed by atoms with Gasteiger partial charge in [0, 0.05) is 50.0 Å². The van der Waals surface area contributed by atoms with Crippen molar-refractivity contribution in [3.05, 3.63) is 60.1 Å². The highest BCUT2D eigenvalue weighted by Gasteiger charge is 2.25. The highest BCUT2D eigenvalue weighted by molar-refractivity contribution is 5.96. The highest BCUT2D eigenvalue weighted by Crippen LogP contribution is 2.41. The molecular formula is C28H33F2N7O5. The molecule has 0 bridgehead atoms. The second kappa shape index (κ2) is 14.5. The Morgan fingerprint density at radius 3 is 2.64 bits per heavy atom. The van der Waals surface area contributed by atoms with Crippen LogP contribution in [0.1, 0.15) is 12.1 Å². The number of aliphatic hydroxyl groups excluding tert-OH is 1. The molecule has 0 radical (unpaired) electrons. The molecule has 0 atom stereocenters. The predicted molar refractivity (Wildman–Crippen MR) is 151 cm³/mol. The van der Waals surface area contributed by atoms with Gasteiger partial charge in [0.05, 0.1) is 44.6 Å². The van der Waals surface area contributed by atoms with Gasteiger partial charge in [0.15, 0.2) is 29.0 Å². The van der Waals surface area contributed by atoms with Gasteiger partial charge in [-0.2, -0.15) is 5.10 Å². The number of hydrogen-bond donors (Lipinski definition) is 3. The van der Waals surface area contributed by atoms with E-state index in [9.17, 15) is 14.3 Å². The number of hydrogen-bond acceptors (Lipinski definition) is 10. The summed E-state index contributed by atoms with van der Waals surface area (Å²) in [7, 11) is 3.12. The Bertz CT molecular complexity index is 1500. The molecule has 0 saturated carbocycles. The van der Waals surface area contributed by atoms with Gasteiger partial charge in [-0.15, -0.1) is 0 Å². The van der Waals surface area contributed by atoms with Crippen molar-refractivity contribution in [2.45, 2.75) is 12.8 Å². The van der Waals surface area contributed by atoms with Crippen molar-refractivity contribution in [2.24, 2.45) is 5.73 Å². The fourth-order valence-electron chi connectivity index (χ4n) is 4.42. The number of benzene rings is 2. The molecule has 2 aromatic heterocycles. The Hall–Kier alpha value is -4.40. The number of amides is 1. The summed E-state index contributed by atoms with van der Waals surface area (Å²) in [6.07, 6.45) is 1.84. The maximum absolute atomic E-state index is 15.2. The highest BCUT2D eigenvalue weighted by atomic mass is 19.2. The number of aromatic amines is 1. The van der Waals surface area contributed by atoms with E-state index in [0.29, 0.717) is 67.4 Å². The van der Waals surface area contributed by atoms with Gasteiger partial charge in [-0.25, -0.2) is 18.7 Å². The number of nitrogens with two attached hydrogens (primary N) is 1. The number of halogens is 2. The maximum Gasteiger partial charge on any atom is 0.223 e. The fourth-order valence-corrected chi connectivity index (χ4v) is 4.42. The summed E-state index contributed by atoms with van der Waals surface area (Å²) in [5, 5.41) is 16.7. The topological polar surface area (TPSA) is 152 Å². The molecule has 12 nitrogen and oxygen atoms in total. The zero-order valence-electron chi connectivity index (χ0n) is 23.3. The first-order valence-electron chi connectivity index (χ1n) is 13.2. The van der Waals surface area contributed by atoms with E-state index < -0.39 is 17.5 Å².